The molecule has 1 saturated heterocycles. The van der Waals surface area contributed by atoms with Crippen molar-refractivity contribution >= 4 is 0 Å². The van der Waals surface area contributed by atoms with Crippen molar-refractivity contribution in [3.63, 3.8) is 0 Å². The van der Waals surface area contributed by atoms with E-state index < -0.39 is 11.2 Å². The van der Waals surface area contributed by atoms with Gasteiger partial charge in [0.25, 0.3) is 0 Å². The van der Waals surface area contributed by atoms with Gasteiger partial charge in [-0.25, -0.2) is 0 Å². The maximum absolute atomic E-state index is 12.2. The quantitative estimate of drug-likeness (QED) is 0.687. The third-order valence-corrected chi connectivity index (χ3v) is 11.9. The summed E-state index contributed by atoms with van der Waals surface area (Å²) in [4.78, 5) is 2.82. The second-order valence-electron chi connectivity index (χ2n) is 13.8. The van der Waals surface area contributed by atoms with Crippen molar-refractivity contribution < 1.29 is 19.7 Å². The van der Waals surface area contributed by atoms with Crippen LogP contribution in [-0.2, 0) is 16.6 Å². The van der Waals surface area contributed by atoms with Crippen LogP contribution in [0.5, 0.6) is 11.5 Å². The molecule has 186 valence electrons. The fourth-order valence-corrected chi connectivity index (χ4v) is 9.58. The molecule has 5 nitrogen and oxygen atoms in total. The molecule has 1 aromatic carbocycles. The zero-order valence-electron chi connectivity index (χ0n) is 21.5. The first-order chi connectivity index (χ1) is 16.0. The van der Waals surface area contributed by atoms with Gasteiger partial charge >= 0.3 is 0 Å². The van der Waals surface area contributed by atoms with Crippen LogP contribution in [0.15, 0.2) is 12.1 Å². The topological polar surface area (TPSA) is 62.2 Å². The van der Waals surface area contributed by atoms with Crippen LogP contribution in [0.25, 0.3) is 0 Å². The summed E-state index contributed by atoms with van der Waals surface area (Å²) in [6.45, 7) is 10.8. The number of aliphatic hydroxyl groups is 1. The summed E-state index contributed by atoms with van der Waals surface area (Å²) < 4.78 is 13.5. The molecule has 4 saturated carbocycles. The summed E-state index contributed by atoms with van der Waals surface area (Å²) in [5.41, 5.74) is 0.783. The molecule has 7 aliphatic rings. The third kappa shape index (κ3) is 2.25. The lowest BCUT2D eigenvalue weighted by molar-refractivity contribution is -0.312. The van der Waals surface area contributed by atoms with Gasteiger partial charge in [0.05, 0.1) is 5.60 Å². The Morgan fingerprint density at radius 2 is 1.91 bits per heavy atom. The van der Waals surface area contributed by atoms with Crippen molar-refractivity contribution in [1.29, 1.82) is 0 Å². The van der Waals surface area contributed by atoms with Crippen LogP contribution in [0.4, 0.5) is 0 Å². The number of ether oxygens (including phenoxy) is 2. The Morgan fingerprint density at radius 1 is 1.15 bits per heavy atom. The number of hydrogen-bond donors (Lipinski definition) is 2. The number of nitrogens with zero attached hydrogens (tertiary/aromatic N) is 1. The minimum atomic E-state index is -0.909. The molecule has 3 unspecified atom stereocenters. The van der Waals surface area contributed by atoms with Crippen molar-refractivity contribution in [2.24, 2.45) is 22.7 Å². The summed E-state index contributed by atoms with van der Waals surface area (Å²) in [6, 6.07) is 4.46. The maximum Gasteiger partial charge on any atom is 0.165 e. The van der Waals surface area contributed by atoms with Gasteiger partial charge in [-0.1, -0.05) is 26.8 Å². The Labute approximate surface area is 203 Å². The van der Waals surface area contributed by atoms with Gasteiger partial charge in [-0.05, 0) is 81.4 Å². The van der Waals surface area contributed by atoms with Crippen molar-refractivity contribution in [3.05, 3.63) is 23.3 Å². The summed E-state index contributed by atoms with van der Waals surface area (Å²) in [6.07, 6.45) is 7.64. The number of rotatable bonds is 4. The van der Waals surface area contributed by atoms with E-state index in [0.29, 0.717) is 11.8 Å². The molecule has 0 aromatic heterocycles. The van der Waals surface area contributed by atoms with Crippen LogP contribution in [0.1, 0.15) is 77.3 Å². The number of phenolic OH excluding ortho intramolecular Hbond substituents is 1. The standard InChI is InChI=1S/C29H41NO4/c1-25(2,3)26(4,32)20-15-27-10-11-29(20,33-5)24-28(27)12-13-30(16-17-6-7-17)21(27)14-18-8-9-19(31)23(34-24)22(18)28/h8-9,17,20-21,24,31-32H,6-7,10-16H2,1-5H3/t20-,21?,24?,26+,27-,28+,29?/m1/s1. The van der Waals surface area contributed by atoms with E-state index in [9.17, 15) is 10.2 Å². The van der Waals surface area contributed by atoms with Crippen LogP contribution >= 0.6 is 0 Å². The fourth-order valence-electron chi connectivity index (χ4n) is 9.58. The summed E-state index contributed by atoms with van der Waals surface area (Å²) in [7, 11) is 1.83. The number of methoxy groups -OCH3 is 1. The lowest BCUT2D eigenvalue weighted by Crippen LogP contribution is -2.83. The van der Waals surface area contributed by atoms with Gasteiger partial charge in [0.2, 0.25) is 0 Å². The fraction of sp³-hybridized carbons (Fsp3) is 0.793. The van der Waals surface area contributed by atoms with Crippen molar-refractivity contribution in [2.45, 2.75) is 101 Å². The molecular weight excluding hydrogens is 426 g/mol. The average molecular weight is 468 g/mol. The highest BCUT2D eigenvalue weighted by atomic mass is 16.6. The number of benzene rings is 1. The number of hydrogen-bond acceptors (Lipinski definition) is 5. The van der Waals surface area contributed by atoms with Gasteiger partial charge in [-0.15, -0.1) is 0 Å². The van der Waals surface area contributed by atoms with E-state index in [1.807, 2.05) is 20.1 Å². The van der Waals surface area contributed by atoms with Crippen LogP contribution in [0, 0.1) is 22.7 Å². The SMILES string of the molecule is COC12CC[C@@]3(C[C@@H]1[C@](C)(O)C(C)(C)C)C1Cc4ccc(O)c5c4[C@@]3(CCN1CC1CC1)C2O5. The number of phenols is 1. The van der Waals surface area contributed by atoms with E-state index in [4.69, 9.17) is 9.47 Å². The molecule has 2 aliphatic heterocycles. The molecule has 0 amide bonds. The molecule has 2 heterocycles. The van der Waals surface area contributed by atoms with Crippen LogP contribution in [0.2, 0.25) is 0 Å². The van der Waals surface area contributed by atoms with Crippen molar-refractivity contribution in [2.75, 3.05) is 20.2 Å². The zero-order chi connectivity index (χ0) is 23.9. The highest BCUT2D eigenvalue weighted by Gasteiger charge is 2.82. The Balaban J connectivity index is 1.47. The first-order valence-electron chi connectivity index (χ1n) is 13.6. The normalized spacial score (nSPS) is 43.9. The van der Waals surface area contributed by atoms with E-state index in [-0.39, 0.29) is 34.0 Å². The molecule has 7 atom stereocenters. The molecule has 1 aromatic rings. The Kier molecular flexibility index (Phi) is 4.08. The molecule has 5 fully saturated rings. The van der Waals surface area contributed by atoms with Crippen LogP contribution in [0.3, 0.4) is 0 Å². The molecule has 2 spiro atoms. The second-order valence-corrected chi connectivity index (χ2v) is 13.8. The molecule has 4 bridgehead atoms. The van der Waals surface area contributed by atoms with E-state index >= 15 is 0 Å². The van der Waals surface area contributed by atoms with Crippen molar-refractivity contribution in [1.82, 2.24) is 4.90 Å². The Morgan fingerprint density at radius 3 is 2.59 bits per heavy atom. The third-order valence-electron chi connectivity index (χ3n) is 11.9. The minimum Gasteiger partial charge on any atom is -0.504 e. The van der Waals surface area contributed by atoms with Gasteiger partial charge < -0.3 is 19.7 Å². The zero-order valence-corrected chi connectivity index (χ0v) is 21.5. The smallest absolute Gasteiger partial charge is 0.165 e. The lowest BCUT2D eigenvalue weighted by atomic mass is 9.33. The molecule has 34 heavy (non-hydrogen) atoms. The van der Waals surface area contributed by atoms with Gasteiger partial charge in [0.1, 0.15) is 11.7 Å². The van der Waals surface area contributed by atoms with E-state index in [1.54, 1.807) is 0 Å². The number of piperidine rings is 1. The van der Waals surface area contributed by atoms with Crippen molar-refractivity contribution in [3.8, 4) is 11.5 Å². The predicted octanol–water partition coefficient (Wildman–Crippen LogP) is 4.41. The Bertz CT molecular complexity index is 1060. The van der Waals surface area contributed by atoms with Crippen LogP contribution in [-0.4, -0.2) is 58.7 Å². The van der Waals surface area contributed by atoms with E-state index in [0.717, 1.165) is 44.6 Å². The molecule has 2 N–H and O–H groups in total. The summed E-state index contributed by atoms with van der Waals surface area (Å²) in [5, 5.41) is 23.2. The highest BCUT2D eigenvalue weighted by Crippen LogP contribution is 2.78. The lowest BCUT2D eigenvalue weighted by Gasteiger charge is -2.75. The first-order valence-corrected chi connectivity index (χ1v) is 13.6. The van der Waals surface area contributed by atoms with E-state index in [1.165, 1.54) is 30.5 Å². The number of likely N-dealkylation sites (tertiary alicyclic amines) is 1. The monoisotopic (exact) mass is 467 g/mol. The summed E-state index contributed by atoms with van der Waals surface area (Å²) in [5.74, 6) is 1.80. The number of fused-ring (bicyclic) bond motifs is 2. The molecular formula is C29H41NO4. The average Bonchev–Trinajstić information content (AvgIpc) is 3.53. The molecule has 5 heteroatoms. The second kappa shape index (κ2) is 6.33. The number of aromatic hydroxyl groups is 1. The largest absolute Gasteiger partial charge is 0.504 e. The maximum atomic E-state index is 12.2. The van der Waals surface area contributed by atoms with Crippen LogP contribution < -0.4 is 4.74 Å². The van der Waals surface area contributed by atoms with Gasteiger partial charge in [-0.3, -0.25) is 4.90 Å². The van der Waals surface area contributed by atoms with E-state index in [2.05, 4.69) is 31.7 Å². The summed E-state index contributed by atoms with van der Waals surface area (Å²) >= 11 is 0. The highest BCUT2D eigenvalue weighted by molar-refractivity contribution is 5.63. The Hall–Kier alpha value is -1.30. The minimum absolute atomic E-state index is 0.0294. The molecule has 0 radical (unpaired) electrons. The molecule has 8 rings (SSSR count). The molecule has 5 aliphatic carbocycles. The van der Waals surface area contributed by atoms with Gasteiger partial charge in [-0.2, -0.15) is 0 Å². The van der Waals surface area contributed by atoms with Gasteiger partial charge in [0.15, 0.2) is 11.5 Å². The first kappa shape index (κ1) is 21.9. The van der Waals surface area contributed by atoms with Gasteiger partial charge in [0, 0.05) is 42.0 Å². The predicted molar refractivity (Wildman–Crippen MR) is 130 cm³/mol.